The van der Waals surface area contributed by atoms with Crippen molar-refractivity contribution < 1.29 is 9.18 Å². The lowest BCUT2D eigenvalue weighted by molar-refractivity contribution is 0.0994. The highest BCUT2D eigenvalue weighted by molar-refractivity contribution is 5.93. The van der Waals surface area contributed by atoms with Crippen LogP contribution in [-0.4, -0.2) is 28.4 Å². The second-order valence-electron chi connectivity index (χ2n) is 5.96. The van der Waals surface area contributed by atoms with Gasteiger partial charge in [0.1, 0.15) is 11.5 Å². The lowest BCUT2D eigenvalue weighted by Gasteiger charge is -2.21. The highest BCUT2D eigenvalue weighted by Crippen LogP contribution is 2.36. The van der Waals surface area contributed by atoms with Crippen molar-refractivity contribution in [2.45, 2.75) is 25.3 Å². The number of primary amides is 1. The monoisotopic (exact) mass is 324 g/mol. The van der Waals surface area contributed by atoms with Gasteiger partial charge >= 0.3 is 0 Å². The van der Waals surface area contributed by atoms with Crippen molar-refractivity contribution in [3.63, 3.8) is 0 Å². The minimum Gasteiger partial charge on any atom is -0.364 e. The smallest absolute Gasteiger partial charge is 0.267 e. The molecule has 1 amide bonds. The Labute approximate surface area is 139 Å². The Bertz CT molecular complexity index is 813. The molecule has 122 valence electrons. The molecule has 5 nitrogen and oxygen atoms in total. The fourth-order valence-electron chi connectivity index (χ4n) is 3.27. The summed E-state index contributed by atoms with van der Waals surface area (Å²) in [6, 6.07) is 7.94. The van der Waals surface area contributed by atoms with Crippen LogP contribution >= 0.6 is 0 Å². The van der Waals surface area contributed by atoms with Crippen molar-refractivity contribution in [1.82, 2.24) is 9.88 Å². The molecule has 0 aliphatic carbocycles. The SMILES string of the molecule is C[C@H]1[C@@H](c2cc(-c3ccc(F)cc3)cnc2C(N)=O)CCN1C#N. The number of nitrogens with zero attached hydrogens (tertiary/aromatic N) is 3. The molecule has 1 aromatic heterocycles. The van der Waals surface area contributed by atoms with Gasteiger partial charge in [-0.1, -0.05) is 12.1 Å². The van der Waals surface area contributed by atoms with E-state index in [0.29, 0.717) is 6.54 Å². The molecule has 1 aliphatic rings. The number of rotatable bonds is 3. The number of nitrogens with two attached hydrogens (primary N) is 1. The molecule has 0 unspecified atom stereocenters. The number of benzene rings is 1. The van der Waals surface area contributed by atoms with Crippen LogP contribution in [0.15, 0.2) is 36.5 Å². The van der Waals surface area contributed by atoms with E-state index in [1.807, 2.05) is 13.0 Å². The maximum absolute atomic E-state index is 13.1. The lowest BCUT2D eigenvalue weighted by Crippen LogP contribution is -2.26. The Kier molecular flexibility index (Phi) is 4.17. The predicted molar refractivity (Wildman–Crippen MR) is 87.3 cm³/mol. The molecule has 1 aliphatic heterocycles. The number of carbonyl (C=O) groups excluding carboxylic acids is 1. The molecule has 0 bridgehead atoms. The summed E-state index contributed by atoms with van der Waals surface area (Å²) in [5, 5.41) is 9.17. The molecule has 3 rings (SSSR count). The van der Waals surface area contributed by atoms with Gasteiger partial charge in [0.15, 0.2) is 6.19 Å². The molecule has 1 aromatic carbocycles. The number of halogens is 1. The maximum Gasteiger partial charge on any atom is 0.267 e. The highest BCUT2D eigenvalue weighted by atomic mass is 19.1. The number of aromatic nitrogens is 1. The standard InChI is InChI=1S/C18H17FN4O/c1-11-15(6-7-23(11)10-20)16-8-13(9-22-17(16)18(21)24)12-2-4-14(19)5-3-12/h2-5,8-9,11,15H,6-7H2,1H3,(H2,21,24)/t11-,15-/m0/s1. The number of amides is 1. The van der Waals surface area contributed by atoms with E-state index in [1.165, 1.54) is 12.1 Å². The summed E-state index contributed by atoms with van der Waals surface area (Å²) in [6.45, 7) is 2.59. The fraction of sp³-hybridized carbons (Fsp3) is 0.278. The average molecular weight is 324 g/mol. The summed E-state index contributed by atoms with van der Waals surface area (Å²) in [6.07, 6.45) is 4.49. The zero-order valence-corrected chi connectivity index (χ0v) is 13.2. The second-order valence-corrected chi connectivity index (χ2v) is 5.96. The van der Waals surface area contributed by atoms with Crippen LogP contribution in [0.4, 0.5) is 4.39 Å². The van der Waals surface area contributed by atoms with E-state index < -0.39 is 5.91 Å². The third-order valence-corrected chi connectivity index (χ3v) is 4.61. The van der Waals surface area contributed by atoms with Crippen molar-refractivity contribution in [3.05, 3.63) is 53.6 Å². The first-order valence-electron chi connectivity index (χ1n) is 7.73. The van der Waals surface area contributed by atoms with Gasteiger partial charge in [0.2, 0.25) is 0 Å². The number of likely N-dealkylation sites (tertiary alicyclic amines) is 1. The number of nitriles is 1. The summed E-state index contributed by atoms with van der Waals surface area (Å²) < 4.78 is 13.1. The summed E-state index contributed by atoms with van der Waals surface area (Å²) in [5.74, 6) is -0.895. The van der Waals surface area contributed by atoms with Crippen molar-refractivity contribution >= 4 is 5.91 Å². The number of pyridine rings is 1. The molecule has 1 fully saturated rings. The first-order chi connectivity index (χ1) is 11.5. The molecular weight excluding hydrogens is 307 g/mol. The van der Waals surface area contributed by atoms with Gasteiger partial charge in [-0.3, -0.25) is 9.78 Å². The van der Waals surface area contributed by atoms with Gasteiger partial charge < -0.3 is 10.6 Å². The number of hydrogen-bond acceptors (Lipinski definition) is 4. The Morgan fingerprint density at radius 3 is 2.67 bits per heavy atom. The molecule has 0 spiro atoms. The summed E-state index contributed by atoms with van der Waals surface area (Å²) in [4.78, 5) is 17.7. The molecule has 24 heavy (non-hydrogen) atoms. The quantitative estimate of drug-likeness (QED) is 0.880. The lowest BCUT2D eigenvalue weighted by atomic mass is 9.89. The zero-order chi connectivity index (χ0) is 17.3. The van der Waals surface area contributed by atoms with Crippen LogP contribution in [0.25, 0.3) is 11.1 Å². The normalized spacial score (nSPS) is 20.0. The van der Waals surface area contributed by atoms with Crippen LogP contribution in [0.1, 0.15) is 35.3 Å². The van der Waals surface area contributed by atoms with Gasteiger partial charge in [-0.05, 0) is 42.7 Å². The predicted octanol–water partition coefficient (Wildman–Crippen LogP) is 2.65. The van der Waals surface area contributed by atoms with E-state index in [1.54, 1.807) is 23.2 Å². The fourth-order valence-corrected chi connectivity index (χ4v) is 3.27. The first-order valence-corrected chi connectivity index (χ1v) is 7.73. The Balaban J connectivity index is 2.06. The third kappa shape index (κ3) is 2.81. The van der Waals surface area contributed by atoms with Crippen LogP contribution in [0.5, 0.6) is 0 Å². The van der Waals surface area contributed by atoms with Gasteiger partial charge in [-0.15, -0.1) is 0 Å². The van der Waals surface area contributed by atoms with Gasteiger partial charge in [-0.2, -0.15) is 5.26 Å². The largest absolute Gasteiger partial charge is 0.364 e. The summed E-state index contributed by atoms with van der Waals surface area (Å²) >= 11 is 0. The van der Waals surface area contributed by atoms with Crippen LogP contribution in [0.3, 0.4) is 0 Å². The number of carbonyl (C=O) groups is 1. The zero-order valence-electron chi connectivity index (χ0n) is 13.2. The first kappa shape index (κ1) is 15.9. The van der Waals surface area contributed by atoms with Crippen LogP contribution in [0, 0.1) is 17.3 Å². The van der Waals surface area contributed by atoms with Gasteiger partial charge in [0.25, 0.3) is 5.91 Å². The van der Waals surface area contributed by atoms with Gasteiger partial charge in [0, 0.05) is 30.3 Å². The molecule has 2 N–H and O–H groups in total. The van der Waals surface area contributed by atoms with E-state index >= 15 is 0 Å². The van der Waals surface area contributed by atoms with Crippen molar-refractivity contribution in [2.24, 2.45) is 5.73 Å². The second kappa shape index (κ2) is 6.28. The van der Waals surface area contributed by atoms with Crippen molar-refractivity contribution in [1.29, 1.82) is 5.26 Å². The third-order valence-electron chi connectivity index (χ3n) is 4.61. The highest BCUT2D eigenvalue weighted by Gasteiger charge is 2.34. The van der Waals surface area contributed by atoms with Gasteiger partial charge in [-0.25, -0.2) is 4.39 Å². The van der Waals surface area contributed by atoms with E-state index in [-0.39, 0.29) is 23.5 Å². The molecule has 2 heterocycles. The maximum atomic E-state index is 13.1. The van der Waals surface area contributed by atoms with Crippen molar-refractivity contribution in [2.75, 3.05) is 6.54 Å². The molecule has 2 aromatic rings. The minimum atomic E-state index is -0.585. The van der Waals surface area contributed by atoms with Gasteiger partial charge in [0.05, 0.1) is 0 Å². The van der Waals surface area contributed by atoms with Crippen LogP contribution in [-0.2, 0) is 0 Å². The Morgan fingerprint density at radius 2 is 2.08 bits per heavy atom. The van der Waals surface area contributed by atoms with Crippen LogP contribution < -0.4 is 5.73 Å². The molecule has 6 heteroatoms. The average Bonchev–Trinajstić information content (AvgIpc) is 2.95. The Morgan fingerprint density at radius 1 is 1.38 bits per heavy atom. The molecule has 0 radical (unpaired) electrons. The van der Waals surface area contributed by atoms with E-state index in [2.05, 4.69) is 11.2 Å². The topological polar surface area (TPSA) is 83.0 Å². The van der Waals surface area contributed by atoms with Crippen molar-refractivity contribution in [3.8, 4) is 17.3 Å². The molecule has 2 atom stereocenters. The molecule has 0 saturated carbocycles. The van der Waals surface area contributed by atoms with E-state index in [4.69, 9.17) is 5.73 Å². The molecular formula is C18H17FN4O. The number of hydrogen-bond donors (Lipinski definition) is 1. The molecule has 1 saturated heterocycles. The van der Waals surface area contributed by atoms with E-state index in [9.17, 15) is 14.4 Å². The van der Waals surface area contributed by atoms with E-state index in [0.717, 1.165) is 23.1 Å². The summed E-state index contributed by atoms with van der Waals surface area (Å²) in [5.41, 5.74) is 8.05. The summed E-state index contributed by atoms with van der Waals surface area (Å²) in [7, 11) is 0. The Hall–Kier alpha value is -2.94. The van der Waals surface area contributed by atoms with Crippen LogP contribution in [0.2, 0.25) is 0 Å². The minimum absolute atomic E-state index is 0.0000448.